The molecule has 0 radical (unpaired) electrons. The topological polar surface area (TPSA) is 37.8 Å². The summed E-state index contributed by atoms with van der Waals surface area (Å²) < 4.78 is 0. The Kier molecular flexibility index (Phi) is 3.77. The second kappa shape index (κ2) is 5.32. The fourth-order valence-corrected chi connectivity index (χ4v) is 2.59. The molecule has 0 amide bonds. The normalized spacial score (nSPS) is 22.1. The smallest absolute Gasteiger partial charge is 0.114 e. The van der Waals surface area contributed by atoms with Gasteiger partial charge in [0.05, 0.1) is 6.20 Å². The Hall–Kier alpha value is -0.610. The van der Waals surface area contributed by atoms with Crippen LogP contribution < -0.4 is 5.32 Å². The molecule has 1 aliphatic heterocycles. The number of hydrogen-bond acceptors (Lipinski definition) is 4. The summed E-state index contributed by atoms with van der Waals surface area (Å²) in [5.41, 5.74) is 0. The van der Waals surface area contributed by atoms with Gasteiger partial charge in [-0.1, -0.05) is 0 Å². The first-order valence-corrected chi connectivity index (χ1v) is 6.03. The Morgan fingerprint density at radius 2 is 2.50 bits per heavy atom. The molecule has 0 saturated carbocycles. The Morgan fingerprint density at radius 3 is 3.21 bits per heavy atom. The zero-order valence-electron chi connectivity index (χ0n) is 8.15. The largest absolute Gasteiger partial charge is 0.316 e. The van der Waals surface area contributed by atoms with Crippen molar-refractivity contribution in [2.75, 3.05) is 18.8 Å². The summed E-state index contributed by atoms with van der Waals surface area (Å²) in [6.45, 7) is 2.35. The van der Waals surface area contributed by atoms with Gasteiger partial charge in [0.1, 0.15) is 5.03 Å². The molecule has 1 atom stereocenters. The van der Waals surface area contributed by atoms with E-state index >= 15 is 0 Å². The number of hydrogen-bond donors (Lipinski definition) is 1. The van der Waals surface area contributed by atoms with Gasteiger partial charge in [0, 0.05) is 18.1 Å². The number of rotatable bonds is 3. The molecule has 1 saturated heterocycles. The second-order valence-corrected chi connectivity index (χ2v) is 4.61. The van der Waals surface area contributed by atoms with E-state index in [1.807, 2.05) is 18.0 Å². The molecule has 1 N–H and O–H groups in total. The number of thioether (sulfide) groups is 1. The highest BCUT2D eigenvalue weighted by molar-refractivity contribution is 7.99. The fourth-order valence-electron chi connectivity index (χ4n) is 1.63. The first kappa shape index (κ1) is 9.93. The van der Waals surface area contributed by atoms with E-state index in [-0.39, 0.29) is 0 Å². The molecular formula is C10H15N3S. The molecule has 0 unspecified atom stereocenters. The molecule has 4 heteroatoms. The van der Waals surface area contributed by atoms with Crippen LogP contribution in [0.1, 0.15) is 12.8 Å². The molecule has 0 aliphatic carbocycles. The molecular weight excluding hydrogens is 194 g/mol. The summed E-state index contributed by atoms with van der Waals surface area (Å²) in [6.07, 6.45) is 7.96. The second-order valence-electron chi connectivity index (χ2n) is 3.57. The van der Waals surface area contributed by atoms with Gasteiger partial charge in [-0.2, -0.15) is 0 Å². The molecule has 1 aliphatic rings. The summed E-state index contributed by atoms with van der Waals surface area (Å²) >= 11 is 1.81. The average Bonchev–Trinajstić information content (AvgIpc) is 2.29. The van der Waals surface area contributed by atoms with Gasteiger partial charge in [0.2, 0.25) is 0 Å². The standard InChI is InChI=1S/C10H15N3S/c1-2-9(6-11-3-1)8-14-10-7-12-4-5-13-10/h4-5,7,9,11H,1-3,6,8H2/t9-/m1/s1. The molecule has 1 fully saturated rings. The van der Waals surface area contributed by atoms with Crippen molar-refractivity contribution in [1.29, 1.82) is 0 Å². The van der Waals surface area contributed by atoms with Crippen LogP contribution in [0.25, 0.3) is 0 Å². The lowest BCUT2D eigenvalue weighted by molar-refractivity contribution is 0.410. The van der Waals surface area contributed by atoms with Gasteiger partial charge >= 0.3 is 0 Å². The van der Waals surface area contributed by atoms with E-state index in [9.17, 15) is 0 Å². The van der Waals surface area contributed by atoms with Crippen molar-refractivity contribution >= 4 is 11.8 Å². The number of nitrogens with one attached hydrogen (secondary N) is 1. The summed E-state index contributed by atoms with van der Waals surface area (Å²) in [4.78, 5) is 8.29. The minimum atomic E-state index is 0.802. The summed E-state index contributed by atoms with van der Waals surface area (Å²) in [7, 11) is 0. The minimum Gasteiger partial charge on any atom is -0.316 e. The zero-order chi connectivity index (χ0) is 9.64. The van der Waals surface area contributed by atoms with Crippen molar-refractivity contribution in [2.45, 2.75) is 17.9 Å². The van der Waals surface area contributed by atoms with Gasteiger partial charge in [-0.15, -0.1) is 11.8 Å². The van der Waals surface area contributed by atoms with Crippen molar-refractivity contribution in [3.05, 3.63) is 18.6 Å². The van der Waals surface area contributed by atoms with Crippen LogP contribution in [0.4, 0.5) is 0 Å². The lowest BCUT2D eigenvalue weighted by Gasteiger charge is -2.21. The Bertz CT molecular complexity index is 259. The van der Waals surface area contributed by atoms with E-state index in [1.54, 1.807) is 12.4 Å². The van der Waals surface area contributed by atoms with E-state index < -0.39 is 0 Å². The third kappa shape index (κ3) is 2.96. The van der Waals surface area contributed by atoms with Crippen LogP contribution in [0.2, 0.25) is 0 Å². The molecule has 1 aromatic heterocycles. The number of piperidine rings is 1. The first-order chi connectivity index (χ1) is 6.95. The van der Waals surface area contributed by atoms with Crippen molar-refractivity contribution in [3.8, 4) is 0 Å². The van der Waals surface area contributed by atoms with E-state index in [1.165, 1.54) is 19.4 Å². The van der Waals surface area contributed by atoms with E-state index in [4.69, 9.17) is 0 Å². The van der Waals surface area contributed by atoms with E-state index in [0.717, 1.165) is 23.2 Å². The predicted octanol–water partition coefficient (Wildman–Crippen LogP) is 1.57. The SMILES string of the molecule is c1cnc(SC[C@@H]2CCCNC2)cn1. The highest BCUT2D eigenvalue weighted by atomic mass is 32.2. The van der Waals surface area contributed by atoms with Gasteiger partial charge in [-0.3, -0.25) is 4.98 Å². The minimum absolute atomic E-state index is 0.802. The maximum Gasteiger partial charge on any atom is 0.114 e. The Balaban J connectivity index is 1.76. The first-order valence-electron chi connectivity index (χ1n) is 5.04. The molecule has 0 spiro atoms. The van der Waals surface area contributed by atoms with Crippen LogP contribution in [0.5, 0.6) is 0 Å². The molecule has 2 rings (SSSR count). The maximum absolute atomic E-state index is 4.24. The third-order valence-electron chi connectivity index (χ3n) is 2.41. The van der Waals surface area contributed by atoms with Crippen molar-refractivity contribution in [3.63, 3.8) is 0 Å². The average molecular weight is 209 g/mol. The van der Waals surface area contributed by atoms with Crippen molar-refractivity contribution in [1.82, 2.24) is 15.3 Å². The number of aromatic nitrogens is 2. The molecule has 76 valence electrons. The van der Waals surface area contributed by atoms with Gasteiger partial charge < -0.3 is 5.32 Å². The predicted molar refractivity (Wildman–Crippen MR) is 58.3 cm³/mol. The van der Waals surface area contributed by atoms with Gasteiger partial charge in [0.25, 0.3) is 0 Å². The molecule has 1 aromatic rings. The quantitative estimate of drug-likeness (QED) is 0.767. The maximum atomic E-state index is 4.24. The molecule has 14 heavy (non-hydrogen) atoms. The van der Waals surface area contributed by atoms with Crippen molar-refractivity contribution in [2.24, 2.45) is 5.92 Å². The highest BCUT2D eigenvalue weighted by Crippen LogP contribution is 2.21. The van der Waals surface area contributed by atoms with Crippen molar-refractivity contribution < 1.29 is 0 Å². The monoisotopic (exact) mass is 209 g/mol. The zero-order valence-corrected chi connectivity index (χ0v) is 8.96. The van der Waals surface area contributed by atoms with Gasteiger partial charge in [-0.25, -0.2) is 4.98 Å². The Labute approximate surface area is 88.7 Å². The van der Waals surface area contributed by atoms with Gasteiger partial charge in [-0.05, 0) is 31.8 Å². The lowest BCUT2D eigenvalue weighted by Crippen LogP contribution is -2.30. The molecule has 0 bridgehead atoms. The molecule has 3 nitrogen and oxygen atoms in total. The summed E-state index contributed by atoms with van der Waals surface area (Å²) in [6, 6.07) is 0. The highest BCUT2D eigenvalue weighted by Gasteiger charge is 2.13. The van der Waals surface area contributed by atoms with Crippen LogP contribution in [0.3, 0.4) is 0 Å². The molecule has 2 heterocycles. The molecule has 0 aromatic carbocycles. The van der Waals surface area contributed by atoms with Crippen LogP contribution in [0, 0.1) is 5.92 Å². The third-order valence-corrected chi connectivity index (χ3v) is 3.55. The fraction of sp³-hybridized carbons (Fsp3) is 0.600. The van der Waals surface area contributed by atoms with Crippen LogP contribution in [0.15, 0.2) is 23.6 Å². The summed E-state index contributed by atoms with van der Waals surface area (Å²) in [5.74, 6) is 1.96. The van der Waals surface area contributed by atoms with Crippen LogP contribution >= 0.6 is 11.8 Å². The van der Waals surface area contributed by atoms with Crippen LogP contribution in [-0.2, 0) is 0 Å². The van der Waals surface area contributed by atoms with E-state index in [0.29, 0.717) is 0 Å². The summed E-state index contributed by atoms with van der Waals surface area (Å²) in [5, 5.41) is 4.46. The Morgan fingerprint density at radius 1 is 1.50 bits per heavy atom. The van der Waals surface area contributed by atoms with Gasteiger partial charge in [0.15, 0.2) is 0 Å². The number of nitrogens with zero attached hydrogens (tertiary/aromatic N) is 2. The van der Waals surface area contributed by atoms with E-state index in [2.05, 4.69) is 15.3 Å². The lowest BCUT2D eigenvalue weighted by atomic mass is 10.0. The van der Waals surface area contributed by atoms with Crippen LogP contribution in [-0.4, -0.2) is 28.8 Å².